The van der Waals surface area contributed by atoms with E-state index in [9.17, 15) is 9.70 Å². The quantitative estimate of drug-likeness (QED) is 0.558. The van der Waals surface area contributed by atoms with Gasteiger partial charge in [-0.15, -0.1) is 4.91 Å². The predicted molar refractivity (Wildman–Crippen MR) is 30.5 cm³/mol. The fraction of sp³-hybridized carbons (Fsp3) is 0.750. The number of primary amides is 1. The molecule has 0 bridgehead atoms. The van der Waals surface area contributed by atoms with E-state index in [0.29, 0.717) is 0 Å². The SMILES string of the molecule is CC(C)(N=O)OC(N)=O. The highest BCUT2D eigenvalue weighted by Gasteiger charge is 2.21. The first-order valence-electron chi connectivity index (χ1n) is 2.31. The zero-order valence-electron chi connectivity index (χ0n) is 5.25. The summed E-state index contributed by atoms with van der Waals surface area (Å²) in [5, 5.41) is 2.49. The van der Waals surface area contributed by atoms with Crippen LogP contribution in [-0.4, -0.2) is 11.8 Å². The molecule has 0 saturated carbocycles. The number of nitrogens with two attached hydrogens (primary N) is 1. The highest BCUT2D eigenvalue weighted by atomic mass is 16.6. The third kappa shape index (κ3) is 3.45. The van der Waals surface area contributed by atoms with Crippen LogP contribution in [-0.2, 0) is 4.74 Å². The number of hydrogen-bond acceptors (Lipinski definition) is 4. The number of ether oxygens (including phenoxy) is 1. The molecule has 0 saturated heterocycles. The Morgan fingerprint density at radius 2 is 2.11 bits per heavy atom. The lowest BCUT2D eigenvalue weighted by Crippen LogP contribution is -2.28. The van der Waals surface area contributed by atoms with Gasteiger partial charge in [-0.2, -0.15) is 0 Å². The maximum atomic E-state index is 9.97. The van der Waals surface area contributed by atoms with E-state index in [-0.39, 0.29) is 0 Å². The number of amides is 1. The third-order valence-electron chi connectivity index (χ3n) is 0.570. The number of hydrogen-bond donors (Lipinski definition) is 1. The second-order valence-corrected chi connectivity index (χ2v) is 1.96. The van der Waals surface area contributed by atoms with Gasteiger partial charge in [-0.05, 0) is 19.0 Å². The summed E-state index contributed by atoms with van der Waals surface area (Å²) in [6.07, 6.45) is -1.00. The Labute approximate surface area is 52.1 Å². The van der Waals surface area contributed by atoms with Crippen LogP contribution in [0.1, 0.15) is 13.8 Å². The smallest absolute Gasteiger partial charge is 0.406 e. The topological polar surface area (TPSA) is 81.8 Å². The van der Waals surface area contributed by atoms with Gasteiger partial charge in [-0.25, -0.2) is 4.79 Å². The molecular formula is C4H8N2O3. The van der Waals surface area contributed by atoms with Gasteiger partial charge in [0.2, 0.25) is 5.72 Å². The van der Waals surface area contributed by atoms with E-state index in [1.807, 2.05) is 0 Å². The zero-order chi connectivity index (χ0) is 7.49. The molecule has 0 rings (SSSR count). The fourth-order valence-electron chi connectivity index (χ4n) is 0.265. The molecule has 0 unspecified atom stereocenters. The number of rotatable bonds is 2. The molecule has 0 aliphatic heterocycles. The number of nitrogens with zero attached hydrogens (tertiary/aromatic N) is 1. The van der Waals surface area contributed by atoms with Gasteiger partial charge in [0.1, 0.15) is 0 Å². The largest absolute Gasteiger partial charge is 0.418 e. The molecule has 1 amide bonds. The summed E-state index contributed by atoms with van der Waals surface area (Å²) < 4.78 is 4.25. The summed E-state index contributed by atoms with van der Waals surface area (Å²) in [6.45, 7) is 2.68. The number of nitroso groups, excluding NO2 is 1. The first-order chi connectivity index (χ1) is 3.98. The van der Waals surface area contributed by atoms with Gasteiger partial charge in [-0.1, -0.05) is 0 Å². The zero-order valence-corrected chi connectivity index (χ0v) is 5.25. The van der Waals surface area contributed by atoms with Gasteiger partial charge in [0.25, 0.3) is 0 Å². The van der Waals surface area contributed by atoms with E-state index in [1.165, 1.54) is 13.8 Å². The van der Waals surface area contributed by atoms with Crippen LogP contribution in [0.5, 0.6) is 0 Å². The van der Waals surface area contributed by atoms with E-state index in [4.69, 9.17) is 0 Å². The molecule has 5 nitrogen and oxygen atoms in total. The van der Waals surface area contributed by atoms with Gasteiger partial charge in [-0.3, -0.25) is 0 Å². The van der Waals surface area contributed by atoms with Gasteiger partial charge in [0.05, 0.1) is 0 Å². The maximum Gasteiger partial charge on any atom is 0.406 e. The van der Waals surface area contributed by atoms with E-state index < -0.39 is 11.8 Å². The van der Waals surface area contributed by atoms with E-state index in [1.54, 1.807) is 0 Å². The Morgan fingerprint density at radius 1 is 1.67 bits per heavy atom. The van der Waals surface area contributed by atoms with Crippen LogP contribution >= 0.6 is 0 Å². The normalized spacial score (nSPS) is 10.4. The molecule has 5 heteroatoms. The van der Waals surface area contributed by atoms with E-state index in [2.05, 4.69) is 15.6 Å². The van der Waals surface area contributed by atoms with Crippen molar-refractivity contribution in [3.63, 3.8) is 0 Å². The summed E-state index contributed by atoms with van der Waals surface area (Å²) in [4.78, 5) is 19.8. The van der Waals surface area contributed by atoms with E-state index >= 15 is 0 Å². The molecular weight excluding hydrogens is 124 g/mol. The average Bonchev–Trinajstić information content (AvgIpc) is 1.63. The molecule has 0 atom stereocenters. The van der Waals surface area contributed by atoms with Crippen molar-refractivity contribution in [2.24, 2.45) is 10.9 Å². The Bertz CT molecular complexity index is 132. The molecule has 0 heterocycles. The van der Waals surface area contributed by atoms with Crippen LogP contribution < -0.4 is 5.73 Å². The van der Waals surface area contributed by atoms with Crippen molar-refractivity contribution in [3.8, 4) is 0 Å². The monoisotopic (exact) mass is 132 g/mol. The Morgan fingerprint density at radius 3 is 2.22 bits per heavy atom. The summed E-state index contributed by atoms with van der Waals surface area (Å²) in [6, 6.07) is 0. The standard InChI is InChI=1S/C4H8N2O3/c1-4(2,6-8)9-3(5)7/h1-2H3,(H2,5,7). The van der Waals surface area contributed by atoms with Crippen molar-refractivity contribution in [2.45, 2.75) is 19.6 Å². The van der Waals surface area contributed by atoms with Crippen molar-refractivity contribution >= 4 is 6.09 Å². The minimum atomic E-state index is -1.34. The molecule has 0 aliphatic carbocycles. The van der Waals surface area contributed by atoms with Crippen LogP contribution in [0.25, 0.3) is 0 Å². The van der Waals surface area contributed by atoms with Crippen molar-refractivity contribution < 1.29 is 9.53 Å². The first kappa shape index (κ1) is 7.87. The minimum Gasteiger partial charge on any atom is -0.418 e. The molecule has 0 fully saturated rings. The van der Waals surface area contributed by atoms with Gasteiger partial charge >= 0.3 is 6.09 Å². The summed E-state index contributed by atoms with van der Waals surface area (Å²) in [5.41, 5.74) is 3.25. The maximum absolute atomic E-state index is 9.97. The molecule has 0 spiro atoms. The molecule has 0 aromatic heterocycles. The number of carbonyl (C=O) groups excluding carboxylic acids is 1. The average molecular weight is 132 g/mol. The first-order valence-corrected chi connectivity index (χ1v) is 2.31. The van der Waals surface area contributed by atoms with Crippen molar-refractivity contribution in [1.82, 2.24) is 0 Å². The Kier molecular flexibility index (Phi) is 2.12. The summed E-state index contributed by atoms with van der Waals surface area (Å²) >= 11 is 0. The second-order valence-electron chi connectivity index (χ2n) is 1.96. The van der Waals surface area contributed by atoms with E-state index in [0.717, 1.165) is 0 Å². The van der Waals surface area contributed by atoms with Gasteiger partial charge in [0, 0.05) is 0 Å². The van der Waals surface area contributed by atoms with Gasteiger partial charge < -0.3 is 10.5 Å². The summed E-state index contributed by atoms with van der Waals surface area (Å²) in [5.74, 6) is 0. The molecule has 2 N–H and O–H groups in total. The highest BCUT2D eigenvalue weighted by Crippen LogP contribution is 2.08. The molecule has 9 heavy (non-hydrogen) atoms. The highest BCUT2D eigenvalue weighted by molar-refractivity contribution is 5.65. The van der Waals surface area contributed by atoms with Crippen LogP contribution in [0.4, 0.5) is 4.79 Å². The lowest BCUT2D eigenvalue weighted by molar-refractivity contribution is 0.0514. The van der Waals surface area contributed by atoms with Crippen molar-refractivity contribution in [3.05, 3.63) is 4.91 Å². The molecule has 0 aliphatic rings. The van der Waals surface area contributed by atoms with Crippen molar-refractivity contribution in [2.75, 3.05) is 0 Å². The molecule has 0 aromatic rings. The van der Waals surface area contributed by atoms with Crippen LogP contribution in [0, 0.1) is 4.91 Å². The summed E-state index contributed by atoms with van der Waals surface area (Å²) in [7, 11) is 0. The predicted octanol–water partition coefficient (Wildman–Crippen LogP) is 0.584. The second kappa shape index (κ2) is 2.43. The lowest BCUT2D eigenvalue weighted by atomic mass is 10.3. The van der Waals surface area contributed by atoms with Gasteiger partial charge in [0.15, 0.2) is 0 Å². The van der Waals surface area contributed by atoms with Crippen LogP contribution in [0.3, 0.4) is 0 Å². The van der Waals surface area contributed by atoms with Crippen LogP contribution in [0.2, 0.25) is 0 Å². The lowest BCUT2D eigenvalue weighted by Gasteiger charge is -2.13. The third-order valence-corrected chi connectivity index (χ3v) is 0.570. The van der Waals surface area contributed by atoms with Crippen molar-refractivity contribution in [1.29, 1.82) is 0 Å². The Balaban J connectivity index is 3.86. The molecule has 0 aromatic carbocycles. The van der Waals surface area contributed by atoms with Crippen LogP contribution in [0.15, 0.2) is 5.18 Å². The fourth-order valence-corrected chi connectivity index (χ4v) is 0.265. The minimum absolute atomic E-state index is 1.00. The molecule has 0 radical (unpaired) electrons. The molecule has 52 valence electrons. The number of carbonyl (C=O) groups is 1. The Hall–Kier alpha value is -1.13.